The third-order valence-electron chi connectivity index (χ3n) is 4.75. The van der Waals surface area contributed by atoms with Crippen molar-refractivity contribution in [2.75, 3.05) is 20.8 Å². The number of fused-ring (bicyclic) bond motifs is 1. The Labute approximate surface area is 158 Å². The molecule has 2 heterocycles. The minimum atomic E-state index is -0.531. The highest BCUT2D eigenvalue weighted by molar-refractivity contribution is 6.06. The summed E-state index contributed by atoms with van der Waals surface area (Å²) in [5.41, 5.74) is 2.49. The second kappa shape index (κ2) is 8.24. The quantitative estimate of drug-likeness (QED) is 0.751. The van der Waals surface area contributed by atoms with E-state index in [9.17, 15) is 4.79 Å². The van der Waals surface area contributed by atoms with Crippen LogP contribution in [0.25, 0.3) is 0 Å². The van der Waals surface area contributed by atoms with E-state index in [0.29, 0.717) is 30.3 Å². The molecule has 3 rings (SSSR count). The number of H-pyrrole nitrogens is 1. The number of methoxy groups -OCH3 is 2. The summed E-state index contributed by atoms with van der Waals surface area (Å²) in [7, 11) is 3.23. The first-order valence-electron chi connectivity index (χ1n) is 9.13. The van der Waals surface area contributed by atoms with Gasteiger partial charge in [0.25, 0.3) is 0 Å². The minimum absolute atomic E-state index is 0.286. The maximum Gasteiger partial charge on any atom is 0.315 e. The molecule has 0 fully saturated rings. The van der Waals surface area contributed by atoms with Crippen LogP contribution < -0.4 is 9.47 Å². The van der Waals surface area contributed by atoms with Crippen molar-refractivity contribution in [2.45, 2.75) is 32.6 Å². The molecule has 7 heteroatoms. The van der Waals surface area contributed by atoms with Crippen LogP contribution in [0.2, 0.25) is 0 Å². The highest BCUT2D eigenvalue weighted by atomic mass is 16.5. The second-order valence-electron chi connectivity index (χ2n) is 6.34. The Hall–Kier alpha value is -2.83. The number of hydrogen-bond donors (Lipinski definition) is 1. The van der Waals surface area contributed by atoms with Crippen molar-refractivity contribution in [1.29, 1.82) is 0 Å². The number of aromatic amines is 1. The van der Waals surface area contributed by atoms with Gasteiger partial charge in [-0.1, -0.05) is 13.3 Å². The first-order valence-corrected chi connectivity index (χ1v) is 9.13. The molecule has 27 heavy (non-hydrogen) atoms. The summed E-state index contributed by atoms with van der Waals surface area (Å²) >= 11 is 0. The molecule has 1 aliphatic heterocycles. The smallest absolute Gasteiger partial charge is 0.315 e. The summed E-state index contributed by atoms with van der Waals surface area (Å²) in [5.74, 6) is 0.913. The van der Waals surface area contributed by atoms with Crippen LogP contribution in [0.1, 0.15) is 43.7 Å². The summed E-state index contributed by atoms with van der Waals surface area (Å²) in [6, 6.07) is 5.59. The fourth-order valence-corrected chi connectivity index (χ4v) is 3.59. The maximum atomic E-state index is 12.9. The highest BCUT2D eigenvalue weighted by Gasteiger charge is 2.42. The largest absolute Gasteiger partial charge is 0.497 e. The normalized spacial score (nSPS) is 18.4. The lowest BCUT2D eigenvalue weighted by atomic mass is 9.76. The third kappa shape index (κ3) is 3.54. The molecule has 144 valence electrons. The van der Waals surface area contributed by atoms with Crippen LogP contribution in [-0.2, 0) is 9.53 Å². The van der Waals surface area contributed by atoms with Crippen molar-refractivity contribution in [3.8, 4) is 11.5 Å². The molecule has 2 unspecified atom stereocenters. The molecule has 0 spiro atoms. The molecule has 1 aromatic carbocycles. The van der Waals surface area contributed by atoms with Crippen LogP contribution in [0.15, 0.2) is 29.4 Å². The molecule has 0 saturated heterocycles. The summed E-state index contributed by atoms with van der Waals surface area (Å²) in [6.07, 6.45) is 3.29. The zero-order chi connectivity index (χ0) is 19.4. The lowest BCUT2D eigenvalue weighted by molar-refractivity contribution is -0.146. The van der Waals surface area contributed by atoms with Crippen molar-refractivity contribution in [2.24, 2.45) is 10.9 Å². The fourth-order valence-electron chi connectivity index (χ4n) is 3.59. The van der Waals surface area contributed by atoms with Gasteiger partial charge in [0.2, 0.25) is 0 Å². The summed E-state index contributed by atoms with van der Waals surface area (Å²) in [5, 5.41) is 7.10. The maximum absolute atomic E-state index is 12.9. The van der Waals surface area contributed by atoms with Gasteiger partial charge < -0.3 is 14.2 Å². The minimum Gasteiger partial charge on any atom is -0.497 e. The van der Waals surface area contributed by atoms with E-state index in [-0.39, 0.29) is 11.9 Å². The van der Waals surface area contributed by atoms with Crippen LogP contribution in [0.5, 0.6) is 11.5 Å². The van der Waals surface area contributed by atoms with Crippen molar-refractivity contribution >= 4 is 17.5 Å². The van der Waals surface area contributed by atoms with E-state index in [4.69, 9.17) is 14.2 Å². The van der Waals surface area contributed by atoms with E-state index in [1.807, 2.05) is 25.1 Å². The van der Waals surface area contributed by atoms with Crippen molar-refractivity contribution < 1.29 is 19.0 Å². The first-order chi connectivity index (χ1) is 13.1. The zero-order valence-corrected chi connectivity index (χ0v) is 16.1. The Morgan fingerprint density at radius 1 is 1.19 bits per heavy atom. The lowest BCUT2D eigenvalue weighted by Gasteiger charge is -2.31. The van der Waals surface area contributed by atoms with Crippen LogP contribution in [0, 0.1) is 5.92 Å². The van der Waals surface area contributed by atoms with Crippen LogP contribution in [-0.4, -0.2) is 42.7 Å². The highest BCUT2D eigenvalue weighted by Crippen LogP contribution is 2.46. The molecule has 1 N–H and O–H groups in total. The Morgan fingerprint density at radius 2 is 2.00 bits per heavy atom. The number of hydrogen-bond acceptors (Lipinski definition) is 6. The van der Waals surface area contributed by atoms with Gasteiger partial charge >= 0.3 is 5.97 Å². The van der Waals surface area contributed by atoms with Crippen molar-refractivity contribution in [3.05, 3.63) is 35.5 Å². The van der Waals surface area contributed by atoms with E-state index < -0.39 is 5.92 Å². The van der Waals surface area contributed by atoms with Gasteiger partial charge in [-0.05, 0) is 31.5 Å². The average Bonchev–Trinajstić information content (AvgIpc) is 3.15. The van der Waals surface area contributed by atoms with Crippen LogP contribution in [0.3, 0.4) is 0 Å². The summed E-state index contributed by atoms with van der Waals surface area (Å²) in [4.78, 5) is 17.6. The van der Waals surface area contributed by atoms with Gasteiger partial charge in [-0.15, -0.1) is 0 Å². The summed E-state index contributed by atoms with van der Waals surface area (Å²) in [6.45, 7) is 4.19. The number of ether oxygens (including phenoxy) is 3. The van der Waals surface area contributed by atoms with Gasteiger partial charge in [0.05, 0.1) is 27.0 Å². The summed E-state index contributed by atoms with van der Waals surface area (Å²) < 4.78 is 16.4. The van der Waals surface area contributed by atoms with Gasteiger partial charge in [0, 0.05) is 22.8 Å². The molecule has 1 aliphatic rings. The Balaban J connectivity index is 2.21. The van der Waals surface area contributed by atoms with E-state index in [0.717, 1.165) is 23.3 Å². The van der Waals surface area contributed by atoms with Gasteiger partial charge in [0.15, 0.2) is 5.82 Å². The number of carbonyl (C=O) groups is 1. The van der Waals surface area contributed by atoms with Gasteiger partial charge in [0.1, 0.15) is 17.4 Å². The Morgan fingerprint density at radius 3 is 2.67 bits per heavy atom. The standard InChI is InChI=1S/C20H25N3O4/c1-5-7-15-18(20(24)27-6-2)17(14-11-21-23-19(14)22-15)13-10-12(25-3)8-9-16(13)26-4/h8-11,17-18H,5-7H2,1-4H3,(H,21,23). The predicted octanol–water partition coefficient (Wildman–Crippen LogP) is 3.62. The molecule has 1 aromatic heterocycles. The van der Waals surface area contributed by atoms with Crippen molar-refractivity contribution in [1.82, 2.24) is 10.2 Å². The van der Waals surface area contributed by atoms with E-state index in [1.165, 1.54) is 0 Å². The molecule has 2 aromatic rings. The Bertz CT molecular complexity index is 844. The van der Waals surface area contributed by atoms with Gasteiger partial charge in [-0.3, -0.25) is 9.89 Å². The molecule has 7 nitrogen and oxygen atoms in total. The molecule has 0 radical (unpaired) electrons. The fraction of sp³-hybridized carbons (Fsp3) is 0.450. The second-order valence-corrected chi connectivity index (χ2v) is 6.34. The van der Waals surface area contributed by atoms with Crippen molar-refractivity contribution in [3.63, 3.8) is 0 Å². The molecule has 0 amide bonds. The number of esters is 1. The third-order valence-corrected chi connectivity index (χ3v) is 4.75. The number of nitrogens with zero attached hydrogens (tertiary/aromatic N) is 2. The van der Waals surface area contributed by atoms with Gasteiger partial charge in [-0.25, -0.2) is 4.99 Å². The van der Waals surface area contributed by atoms with Gasteiger partial charge in [-0.2, -0.15) is 5.10 Å². The first kappa shape index (κ1) is 18.9. The number of aromatic nitrogens is 2. The number of carbonyl (C=O) groups excluding carboxylic acids is 1. The zero-order valence-electron chi connectivity index (χ0n) is 16.1. The van der Waals surface area contributed by atoms with Crippen LogP contribution in [0.4, 0.5) is 5.82 Å². The average molecular weight is 371 g/mol. The van der Waals surface area contributed by atoms with E-state index >= 15 is 0 Å². The van der Waals surface area contributed by atoms with E-state index in [2.05, 4.69) is 22.1 Å². The monoisotopic (exact) mass is 371 g/mol. The molecular formula is C20H25N3O4. The topological polar surface area (TPSA) is 85.8 Å². The Kier molecular flexibility index (Phi) is 5.78. The predicted molar refractivity (Wildman–Crippen MR) is 102 cm³/mol. The lowest BCUT2D eigenvalue weighted by Crippen LogP contribution is -2.34. The van der Waals surface area contributed by atoms with Crippen LogP contribution >= 0.6 is 0 Å². The number of rotatable bonds is 7. The molecule has 0 aliphatic carbocycles. The van der Waals surface area contributed by atoms with E-state index in [1.54, 1.807) is 20.4 Å². The number of nitrogens with one attached hydrogen (secondary N) is 1. The molecule has 0 bridgehead atoms. The SMILES string of the molecule is CCCC1=Nc2[nH]ncc2C(c2cc(OC)ccc2OC)C1C(=O)OCC. The number of aliphatic imine (C=N–C) groups is 1. The molecular weight excluding hydrogens is 346 g/mol. The number of benzene rings is 1. The molecule has 2 atom stereocenters. The molecule has 0 saturated carbocycles.